The van der Waals surface area contributed by atoms with Crippen LogP contribution in [0.15, 0.2) is 35.7 Å². The summed E-state index contributed by atoms with van der Waals surface area (Å²) < 4.78 is 3.81. The van der Waals surface area contributed by atoms with Gasteiger partial charge in [-0.3, -0.25) is 0 Å². The fraction of sp³-hybridized carbons (Fsp3) is 0.308. The van der Waals surface area contributed by atoms with Crippen molar-refractivity contribution in [3.05, 3.63) is 39.7 Å². The lowest BCUT2D eigenvalue weighted by atomic mass is 10.2. The third-order valence-electron chi connectivity index (χ3n) is 2.54. The van der Waals surface area contributed by atoms with Crippen LogP contribution >= 0.6 is 22.7 Å². The monoisotopic (exact) mass is 250 g/mol. The predicted molar refractivity (Wildman–Crippen MR) is 74.0 cm³/mol. The molecular formula is C13H16NS2+. The summed E-state index contributed by atoms with van der Waals surface area (Å²) in [6.07, 6.45) is 0. The number of nitrogens with zero attached hydrogens (tertiary/aromatic N) is 1. The Labute approximate surface area is 104 Å². The van der Waals surface area contributed by atoms with Crippen molar-refractivity contribution in [3.8, 4) is 10.4 Å². The van der Waals surface area contributed by atoms with Crippen molar-refractivity contribution in [2.24, 2.45) is 0 Å². The average Bonchev–Trinajstić information content (AvgIpc) is 2.81. The van der Waals surface area contributed by atoms with E-state index in [4.69, 9.17) is 0 Å². The van der Waals surface area contributed by atoms with Gasteiger partial charge in [0.05, 0.1) is 4.88 Å². The number of hydrogen-bond donors (Lipinski definition) is 0. The second-order valence-electron chi connectivity index (χ2n) is 3.51. The highest BCUT2D eigenvalue weighted by Gasteiger charge is 2.06. The lowest BCUT2D eigenvalue weighted by Gasteiger charge is -1.93. The zero-order valence-corrected chi connectivity index (χ0v) is 11.3. The van der Waals surface area contributed by atoms with Gasteiger partial charge in [0, 0.05) is 5.38 Å². The first-order chi connectivity index (χ1) is 7.85. The molecule has 0 aliphatic carbocycles. The molecule has 0 amide bonds. The van der Waals surface area contributed by atoms with Crippen molar-refractivity contribution in [3.63, 3.8) is 0 Å². The molecule has 0 spiro atoms. The molecule has 0 radical (unpaired) electrons. The van der Waals surface area contributed by atoms with Crippen molar-refractivity contribution >= 4 is 22.7 Å². The summed E-state index contributed by atoms with van der Waals surface area (Å²) in [6.45, 7) is 6.58. The van der Waals surface area contributed by atoms with Gasteiger partial charge >= 0.3 is 3.98 Å². The standard InChI is InChI=1S/C13H16NS2/c1-3-14(4-2)13-15-10-12(16-13)11-8-6-5-7-9-11/h5-10H,3-4H2,1-2H3/q+1. The maximum absolute atomic E-state index is 2.40. The summed E-state index contributed by atoms with van der Waals surface area (Å²) >= 11 is 3.73. The van der Waals surface area contributed by atoms with Crippen LogP contribution in [-0.4, -0.2) is 13.1 Å². The molecule has 0 bridgehead atoms. The van der Waals surface area contributed by atoms with E-state index in [0.717, 1.165) is 13.1 Å². The van der Waals surface area contributed by atoms with Gasteiger partial charge in [-0.1, -0.05) is 53.0 Å². The number of hydrogen-bond acceptors (Lipinski definition) is 2. The maximum Gasteiger partial charge on any atom is 0.314 e. The van der Waals surface area contributed by atoms with E-state index in [9.17, 15) is 0 Å². The Hall–Kier alpha value is -0.930. The third kappa shape index (κ3) is 2.42. The first kappa shape index (κ1) is 11.6. The topological polar surface area (TPSA) is 3.01 Å². The van der Waals surface area contributed by atoms with Gasteiger partial charge in [-0.2, -0.15) is 0 Å². The minimum Gasteiger partial charge on any atom is -0.213 e. The van der Waals surface area contributed by atoms with E-state index < -0.39 is 0 Å². The van der Waals surface area contributed by atoms with E-state index in [-0.39, 0.29) is 0 Å². The normalized spacial score (nSPS) is 10.4. The molecule has 0 unspecified atom stereocenters. The van der Waals surface area contributed by atoms with Crippen molar-refractivity contribution < 1.29 is 0 Å². The quantitative estimate of drug-likeness (QED) is 0.735. The molecule has 0 aliphatic heterocycles. The molecule has 1 nitrogen and oxygen atoms in total. The largest absolute Gasteiger partial charge is 0.314 e. The molecule has 1 aromatic heterocycles. The first-order valence-corrected chi connectivity index (χ1v) is 7.26. The summed E-state index contributed by atoms with van der Waals surface area (Å²) in [5, 5.41) is 2.26. The molecule has 0 saturated heterocycles. The molecule has 84 valence electrons. The predicted octanol–water partition coefficient (Wildman–Crippen LogP) is 3.29. The Morgan fingerprint density at radius 3 is 2.38 bits per heavy atom. The lowest BCUT2D eigenvalue weighted by molar-refractivity contribution is 0.643. The highest BCUT2D eigenvalue weighted by atomic mass is 32.2. The summed E-state index contributed by atoms with van der Waals surface area (Å²) in [5.41, 5.74) is 1.32. The van der Waals surface area contributed by atoms with Crippen LogP contribution in [0.1, 0.15) is 13.8 Å². The van der Waals surface area contributed by atoms with Crippen LogP contribution in [0.25, 0.3) is 10.4 Å². The highest BCUT2D eigenvalue weighted by Crippen LogP contribution is 2.22. The SMILES string of the molecule is CC[N+](CC)=c1scc(-c2ccccc2)s1. The molecular weight excluding hydrogens is 234 g/mol. The Bertz CT molecular complexity index is 502. The van der Waals surface area contributed by atoms with Crippen LogP contribution in [0, 0.1) is 0 Å². The van der Waals surface area contributed by atoms with Crippen molar-refractivity contribution in [2.75, 3.05) is 13.1 Å². The van der Waals surface area contributed by atoms with Crippen LogP contribution in [0.3, 0.4) is 0 Å². The second kappa shape index (κ2) is 5.41. The molecule has 16 heavy (non-hydrogen) atoms. The fourth-order valence-corrected chi connectivity index (χ4v) is 4.12. The maximum atomic E-state index is 2.40. The Morgan fingerprint density at radius 2 is 1.75 bits per heavy atom. The number of rotatable bonds is 3. The molecule has 0 saturated carbocycles. The van der Waals surface area contributed by atoms with Gasteiger partial charge in [-0.05, 0) is 19.4 Å². The highest BCUT2D eigenvalue weighted by molar-refractivity contribution is 7.28. The molecule has 2 aromatic rings. The molecule has 0 aliphatic rings. The summed E-state index contributed by atoms with van der Waals surface area (Å²) in [5.74, 6) is 0. The minimum atomic E-state index is 1.09. The van der Waals surface area contributed by atoms with E-state index in [1.54, 1.807) is 0 Å². The summed E-state index contributed by atoms with van der Waals surface area (Å²) in [4.78, 5) is 1.37. The van der Waals surface area contributed by atoms with Gasteiger partial charge in [0.1, 0.15) is 13.1 Å². The first-order valence-electron chi connectivity index (χ1n) is 5.57. The van der Waals surface area contributed by atoms with Crippen molar-refractivity contribution in [2.45, 2.75) is 13.8 Å². The van der Waals surface area contributed by atoms with Crippen LogP contribution in [0.4, 0.5) is 0 Å². The Balaban J connectivity index is 2.44. The van der Waals surface area contributed by atoms with E-state index in [2.05, 4.69) is 54.1 Å². The van der Waals surface area contributed by atoms with Crippen molar-refractivity contribution in [1.29, 1.82) is 0 Å². The van der Waals surface area contributed by atoms with Crippen LogP contribution in [0.5, 0.6) is 0 Å². The van der Waals surface area contributed by atoms with Crippen LogP contribution < -0.4 is 8.56 Å². The zero-order chi connectivity index (χ0) is 11.4. The molecule has 1 heterocycles. The lowest BCUT2D eigenvalue weighted by Crippen LogP contribution is -2.25. The smallest absolute Gasteiger partial charge is 0.213 e. The molecule has 0 fully saturated rings. The van der Waals surface area contributed by atoms with E-state index in [1.807, 2.05) is 22.7 Å². The van der Waals surface area contributed by atoms with E-state index in [1.165, 1.54) is 14.4 Å². The van der Waals surface area contributed by atoms with Crippen LogP contribution in [-0.2, 0) is 0 Å². The molecule has 0 atom stereocenters. The minimum absolute atomic E-state index is 1.09. The molecule has 3 heteroatoms. The van der Waals surface area contributed by atoms with Crippen LogP contribution in [0.2, 0.25) is 0 Å². The number of benzene rings is 1. The summed E-state index contributed by atoms with van der Waals surface area (Å²) in [7, 11) is 0. The third-order valence-corrected chi connectivity index (χ3v) is 5.05. The fourth-order valence-electron chi connectivity index (χ4n) is 1.60. The van der Waals surface area contributed by atoms with Gasteiger partial charge in [0.25, 0.3) is 0 Å². The zero-order valence-electron chi connectivity index (χ0n) is 9.64. The summed E-state index contributed by atoms with van der Waals surface area (Å²) in [6, 6.07) is 10.6. The molecule has 0 N–H and O–H groups in total. The van der Waals surface area contributed by atoms with E-state index in [0.29, 0.717) is 0 Å². The Morgan fingerprint density at radius 1 is 1.06 bits per heavy atom. The van der Waals surface area contributed by atoms with Gasteiger partial charge in [0.15, 0.2) is 0 Å². The van der Waals surface area contributed by atoms with Gasteiger partial charge in [0.2, 0.25) is 0 Å². The molecule has 2 rings (SSSR count). The van der Waals surface area contributed by atoms with Gasteiger partial charge < -0.3 is 0 Å². The van der Waals surface area contributed by atoms with Crippen molar-refractivity contribution in [1.82, 2.24) is 4.58 Å². The average molecular weight is 250 g/mol. The Kier molecular flexibility index (Phi) is 3.91. The van der Waals surface area contributed by atoms with Gasteiger partial charge in [-0.25, -0.2) is 4.58 Å². The van der Waals surface area contributed by atoms with E-state index >= 15 is 0 Å². The van der Waals surface area contributed by atoms with Gasteiger partial charge in [-0.15, -0.1) is 0 Å². The second-order valence-corrected chi connectivity index (χ2v) is 5.65. The molecule has 1 aromatic carbocycles.